The van der Waals surface area contributed by atoms with E-state index < -0.39 is 11.4 Å². The molecule has 0 aliphatic heterocycles. The number of carboxylic acids is 1. The minimum Gasteiger partial charge on any atom is -0.496 e. The summed E-state index contributed by atoms with van der Waals surface area (Å²) in [6, 6.07) is 3.52. The monoisotopic (exact) mass is 314 g/mol. The lowest BCUT2D eigenvalue weighted by Gasteiger charge is -2.39. The Morgan fingerprint density at radius 1 is 1.28 bits per heavy atom. The highest BCUT2D eigenvalue weighted by atomic mass is 79.9. The van der Waals surface area contributed by atoms with Crippen molar-refractivity contribution in [2.75, 3.05) is 14.2 Å². The Kier molecular flexibility index (Phi) is 3.52. The number of benzene rings is 1. The van der Waals surface area contributed by atoms with Crippen LogP contribution >= 0.6 is 15.9 Å². The first-order valence-electron chi connectivity index (χ1n) is 5.70. The zero-order valence-corrected chi connectivity index (χ0v) is 11.9. The third-order valence-corrected chi connectivity index (χ3v) is 4.23. The Morgan fingerprint density at radius 3 is 2.28 bits per heavy atom. The van der Waals surface area contributed by atoms with Gasteiger partial charge < -0.3 is 14.6 Å². The molecular weight excluding hydrogens is 300 g/mol. The van der Waals surface area contributed by atoms with Gasteiger partial charge in [0, 0.05) is 11.6 Å². The molecular formula is C13H15BrO4. The lowest BCUT2D eigenvalue weighted by Crippen LogP contribution is -2.42. The van der Waals surface area contributed by atoms with Crippen LogP contribution in [-0.4, -0.2) is 25.3 Å². The first kappa shape index (κ1) is 13.2. The summed E-state index contributed by atoms with van der Waals surface area (Å²) in [6.45, 7) is 0. The van der Waals surface area contributed by atoms with E-state index in [1.807, 2.05) is 0 Å². The summed E-state index contributed by atoms with van der Waals surface area (Å²) < 4.78 is 11.2. The van der Waals surface area contributed by atoms with Gasteiger partial charge in [-0.15, -0.1) is 0 Å². The predicted molar refractivity (Wildman–Crippen MR) is 70.4 cm³/mol. The van der Waals surface area contributed by atoms with Gasteiger partial charge in [-0.1, -0.05) is 6.42 Å². The maximum absolute atomic E-state index is 11.5. The minimum atomic E-state index is -0.805. The molecule has 1 aromatic carbocycles. The van der Waals surface area contributed by atoms with Gasteiger partial charge in [0.1, 0.15) is 11.5 Å². The fourth-order valence-electron chi connectivity index (χ4n) is 2.36. The van der Waals surface area contributed by atoms with Crippen LogP contribution in [0, 0.1) is 0 Å². The van der Waals surface area contributed by atoms with Crippen LogP contribution in [0.25, 0.3) is 0 Å². The highest BCUT2D eigenvalue weighted by molar-refractivity contribution is 9.10. The van der Waals surface area contributed by atoms with E-state index in [2.05, 4.69) is 15.9 Å². The maximum atomic E-state index is 11.5. The highest BCUT2D eigenvalue weighted by Gasteiger charge is 2.48. The SMILES string of the molecule is COc1cc(OC)c(C2(C(=O)O)CCC2)cc1Br. The molecule has 1 N–H and O–H groups in total. The summed E-state index contributed by atoms with van der Waals surface area (Å²) >= 11 is 3.39. The second-order valence-corrected chi connectivity index (χ2v) is 5.28. The largest absolute Gasteiger partial charge is 0.496 e. The maximum Gasteiger partial charge on any atom is 0.314 e. The van der Waals surface area contributed by atoms with Crippen molar-refractivity contribution in [3.63, 3.8) is 0 Å². The van der Waals surface area contributed by atoms with E-state index in [4.69, 9.17) is 9.47 Å². The van der Waals surface area contributed by atoms with E-state index in [0.29, 0.717) is 24.3 Å². The predicted octanol–water partition coefficient (Wildman–Crippen LogP) is 2.97. The van der Waals surface area contributed by atoms with Crippen molar-refractivity contribution in [3.05, 3.63) is 22.2 Å². The average molecular weight is 315 g/mol. The Hall–Kier alpha value is -1.23. The summed E-state index contributed by atoms with van der Waals surface area (Å²) in [5.74, 6) is 0.414. The lowest BCUT2D eigenvalue weighted by atomic mass is 9.64. The third-order valence-electron chi connectivity index (χ3n) is 3.61. The van der Waals surface area contributed by atoms with Gasteiger partial charge in [0.05, 0.1) is 24.1 Å². The van der Waals surface area contributed by atoms with Crippen molar-refractivity contribution >= 4 is 21.9 Å². The third kappa shape index (κ3) is 1.86. The second-order valence-electron chi connectivity index (χ2n) is 4.43. The second kappa shape index (κ2) is 4.80. The molecule has 18 heavy (non-hydrogen) atoms. The zero-order chi connectivity index (χ0) is 13.3. The molecule has 0 atom stereocenters. The van der Waals surface area contributed by atoms with E-state index in [9.17, 15) is 9.90 Å². The van der Waals surface area contributed by atoms with Crippen LogP contribution in [0.2, 0.25) is 0 Å². The molecule has 0 aromatic heterocycles. The van der Waals surface area contributed by atoms with E-state index >= 15 is 0 Å². The van der Waals surface area contributed by atoms with Crippen LogP contribution in [0.4, 0.5) is 0 Å². The van der Waals surface area contributed by atoms with Crippen molar-refractivity contribution in [2.24, 2.45) is 0 Å². The van der Waals surface area contributed by atoms with Crippen LogP contribution in [-0.2, 0) is 10.2 Å². The molecule has 0 spiro atoms. The first-order valence-corrected chi connectivity index (χ1v) is 6.50. The quantitative estimate of drug-likeness (QED) is 0.928. The summed E-state index contributed by atoms with van der Waals surface area (Å²) in [5.41, 5.74) is -0.0865. The Balaban J connectivity index is 2.56. The standard InChI is InChI=1S/C13H15BrO4/c1-17-10-7-11(18-2)9(14)6-8(10)13(12(15)16)4-3-5-13/h6-7H,3-5H2,1-2H3,(H,15,16). The molecule has 1 aliphatic rings. The highest BCUT2D eigenvalue weighted by Crippen LogP contribution is 2.49. The van der Waals surface area contributed by atoms with Crippen molar-refractivity contribution in [1.29, 1.82) is 0 Å². The molecule has 0 radical (unpaired) electrons. The molecule has 0 heterocycles. The molecule has 5 heteroatoms. The zero-order valence-electron chi connectivity index (χ0n) is 10.3. The van der Waals surface area contributed by atoms with Gasteiger partial charge in [-0.05, 0) is 34.8 Å². The fraction of sp³-hybridized carbons (Fsp3) is 0.462. The van der Waals surface area contributed by atoms with Crippen molar-refractivity contribution in [2.45, 2.75) is 24.7 Å². The minimum absolute atomic E-state index is 0.567. The Labute approximate surface area is 114 Å². The fourth-order valence-corrected chi connectivity index (χ4v) is 2.87. The van der Waals surface area contributed by atoms with Crippen molar-refractivity contribution in [1.82, 2.24) is 0 Å². The Morgan fingerprint density at radius 2 is 1.89 bits per heavy atom. The molecule has 0 saturated heterocycles. The van der Waals surface area contributed by atoms with Crippen LogP contribution < -0.4 is 9.47 Å². The van der Waals surface area contributed by atoms with Gasteiger partial charge in [0.2, 0.25) is 0 Å². The van der Waals surface area contributed by atoms with Crippen LogP contribution in [0.15, 0.2) is 16.6 Å². The molecule has 0 unspecified atom stereocenters. The molecule has 1 aliphatic carbocycles. The van der Waals surface area contributed by atoms with Gasteiger partial charge in [-0.25, -0.2) is 0 Å². The number of aliphatic carboxylic acids is 1. The number of methoxy groups -OCH3 is 2. The molecule has 0 amide bonds. The summed E-state index contributed by atoms with van der Waals surface area (Å²) in [6.07, 6.45) is 2.23. The van der Waals surface area contributed by atoms with E-state index in [-0.39, 0.29) is 0 Å². The molecule has 4 nitrogen and oxygen atoms in total. The smallest absolute Gasteiger partial charge is 0.314 e. The molecule has 0 bridgehead atoms. The number of hydrogen-bond acceptors (Lipinski definition) is 3. The van der Waals surface area contributed by atoms with Crippen molar-refractivity contribution < 1.29 is 19.4 Å². The van der Waals surface area contributed by atoms with E-state index in [1.54, 1.807) is 26.4 Å². The van der Waals surface area contributed by atoms with Crippen LogP contribution in [0.1, 0.15) is 24.8 Å². The normalized spacial score (nSPS) is 16.8. The van der Waals surface area contributed by atoms with E-state index in [0.717, 1.165) is 16.5 Å². The molecule has 1 aromatic rings. The molecule has 1 fully saturated rings. The average Bonchev–Trinajstić information content (AvgIpc) is 2.27. The van der Waals surface area contributed by atoms with Gasteiger partial charge >= 0.3 is 5.97 Å². The number of hydrogen-bond donors (Lipinski definition) is 1. The molecule has 2 rings (SSSR count). The number of ether oxygens (including phenoxy) is 2. The topological polar surface area (TPSA) is 55.8 Å². The molecule has 98 valence electrons. The number of rotatable bonds is 4. The number of halogens is 1. The molecule has 1 saturated carbocycles. The number of carbonyl (C=O) groups is 1. The van der Waals surface area contributed by atoms with Crippen LogP contribution in [0.5, 0.6) is 11.5 Å². The summed E-state index contributed by atoms with van der Waals surface area (Å²) in [5, 5.41) is 9.47. The van der Waals surface area contributed by atoms with Gasteiger partial charge in [-0.3, -0.25) is 4.79 Å². The van der Waals surface area contributed by atoms with Crippen molar-refractivity contribution in [3.8, 4) is 11.5 Å². The summed E-state index contributed by atoms with van der Waals surface area (Å²) in [4.78, 5) is 11.5. The first-order chi connectivity index (χ1) is 8.55. The lowest BCUT2D eigenvalue weighted by molar-refractivity contribution is -0.147. The van der Waals surface area contributed by atoms with E-state index in [1.165, 1.54) is 0 Å². The van der Waals surface area contributed by atoms with Crippen LogP contribution in [0.3, 0.4) is 0 Å². The Bertz CT molecular complexity index is 480. The van der Waals surface area contributed by atoms with Gasteiger partial charge in [-0.2, -0.15) is 0 Å². The summed E-state index contributed by atoms with van der Waals surface area (Å²) in [7, 11) is 3.11. The van der Waals surface area contributed by atoms with Gasteiger partial charge in [0.15, 0.2) is 0 Å². The van der Waals surface area contributed by atoms with Gasteiger partial charge in [0.25, 0.3) is 0 Å². The number of carboxylic acid groups (broad SMARTS) is 1.